The van der Waals surface area contributed by atoms with E-state index in [1.54, 1.807) is 10.9 Å². The molecule has 1 N–H and O–H groups in total. The monoisotopic (exact) mass is 411 g/mol. The highest BCUT2D eigenvalue weighted by Gasteiger charge is 2.25. The van der Waals surface area contributed by atoms with E-state index in [-0.39, 0.29) is 24.3 Å². The van der Waals surface area contributed by atoms with Crippen molar-refractivity contribution in [3.05, 3.63) is 41.2 Å². The van der Waals surface area contributed by atoms with Crippen LogP contribution in [0.4, 0.5) is 0 Å². The van der Waals surface area contributed by atoms with Crippen LogP contribution in [0.25, 0.3) is 0 Å². The quantitative estimate of drug-likeness (QED) is 0.784. The molecule has 1 unspecified atom stereocenters. The standard InChI is InChI=1S/C22H29N5O3/c1-16-13-27(25-24-16)15-22(29)26-8-2-4-18(14-26)11-21(28)23-12-17-6-7-20-19(10-17)5-3-9-30-20/h6-7,10,13,18H,2-5,8-9,11-12,14-15H2,1H3,(H,23,28). The van der Waals surface area contributed by atoms with Crippen LogP contribution in [0.3, 0.4) is 0 Å². The van der Waals surface area contributed by atoms with Crippen molar-refractivity contribution in [3.8, 4) is 5.75 Å². The molecule has 2 aliphatic rings. The minimum absolute atomic E-state index is 0.0290. The third-order valence-electron chi connectivity index (χ3n) is 5.76. The summed E-state index contributed by atoms with van der Waals surface area (Å²) in [4.78, 5) is 26.9. The maximum absolute atomic E-state index is 12.6. The molecule has 1 saturated heterocycles. The summed E-state index contributed by atoms with van der Waals surface area (Å²) in [5, 5.41) is 10.9. The molecular formula is C22H29N5O3. The van der Waals surface area contributed by atoms with Crippen LogP contribution in [0, 0.1) is 12.8 Å². The number of amides is 2. The van der Waals surface area contributed by atoms with Gasteiger partial charge < -0.3 is 15.0 Å². The fraction of sp³-hybridized carbons (Fsp3) is 0.545. The van der Waals surface area contributed by atoms with Gasteiger partial charge >= 0.3 is 0 Å². The molecule has 8 heteroatoms. The molecule has 1 atom stereocenters. The van der Waals surface area contributed by atoms with Crippen LogP contribution in [0.1, 0.15) is 42.5 Å². The predicted octanol–water partition coefficient (Wildman–Crippen LogP) is 1.86. The molecule has 30 heavy (non-hydrogen) atoms. The first-order valence-corrected chi connectivity index (χ1v) is 10.7. The van der Waals surface area contributed by atoms with Crippen LogP contribution in [0.5, 0.6) is 5.75 Å². The van der Waals surface area contributed by atoms with Crippen LogP contribution in [-0.2, 0) is 29.1 Å². The molecular weight excluding hydrogens is 382 g/mol. The number of benzene rings is 1. The van der Waals surface area contributed by atoms with Gasteiger partial charge in [-0.25, -0.2) is 4.68 Å². The number of likely N-dealkylation sites (tertiary alicyclic amines) is 1. The zero-order valence-corrected chi connectivity index (χ0v) is 17.5. The lowest BCUT2D eigenvalue weighted by Crippen LogP contribution is -2.42. The fourth-order valence-electron chi connectivity index (χ4n) is 4.23. The highest BCUT2D eigenvalue weighted by molar-refractivity contribution is 5.77. The van der Waals surface area contributed by atoms with Gasteiger partial charge in [0.05, 0.1) is 12.3 Å². The van der Waals surface area contributed by atoms with Gasteiger partial charge in [-0.2, -0.15) is 0 Å². The Bertz CT molecular complexity index is 910. The molecule has 3 heterocycles. The molecule has 0 spiro atoms. The molecule has 0 bridgehead atoms. The van der Waals surface area contributed by atoms with Crippen LogP contribution >= 0.6 is 0 Å². The average molecular weight is 412 g/mol. The van der Waals surface area contributed by atoms with E-state index in [0.717, 1.165) is 55.8 Å². The molecule has 1 fully saturated rings. The lowest BCUT2D eigenvalue weighted by atomic mass is 9.94. The van der Waals surface area contributed by atoms with E-state index < -0.39 is 0 Å². The summed E-state index contributed by atoms with van der Waals surface area (Å²) in [7, 11) is 0. The Hall–Kier alpha value is -2.90. The summed E-state index contributed by atoms with van der Waals surface area (Å²) in [5.41, 5.74) is 3.11. The number of piperidine rings is 1. The number of hydrogen-bond acceptors (Lipinski definition) is 5. The number of aryl methyl sites for hydroxylation is 2. The number of fused-ring (bicyclic) bond motifs is 1. The van der Waals surface area contributed by atoms with E-state index in [1.165, 1.54) is 5.56 Å². The second-order valence-electron chi connectivity index (χ2n) is 8.28. The lowest BCUT2D eigenvalue weighted by Gasteiger charge is -2.32. The van der Waals surface area contributed by atoms with Crippen molar-refractivity contribution in [2.24, 2.45) is 5.92 Å². The molecule has 0 aliphatic carbocycles. The summed E-state index contributed by atoms with van der Waals surface area (Å²) < 4.78 is 7.21. The number of hydrogen-bond donors (Lipinski definition) is 1. The summed E-state index contributed by atoms with van der Waals surface area (Å²) in [5.74, 6) is 1.22. The molecule has 8 nitrogen and oxygen atoms in total. The first-order chi connectivity index (χ1) is 14.6. The molecule has 160 valence electrons. The molecule has 2 amide bonds. The number of nitrogens with one attached hydrogen (secondary N) is 1. The minimum Gasteiger partial charge on any atom is -0.493 e. The number of rotatable bonds is 6. The van der Waals surface area contributed by atoms with Gasteiger partial charge in [0, 0.05) is 32.3 Å². The van der Waals surface area contributed by atoms with Gasteiger partial charge in [0.2, 0.25) is 11.8 Å². The average Bonchev–Trinajstić information content (AvgIpc) is 3.16. The maximum Gasteiger partial charge on any atom is 0.244 e. The highest BCUT2D eigenvalue weighted by atomic mass is 16.5. The van der Waals surface area contributed by atoms with Gasteiger partial charge in [0.1, 0.15) is 12.3 Å². The second-order valence-corrected chi connectivity index (χ2v) is 8.28. The smallest absolute Gasteiger partial charge is 0.244 e. The number of aromatic nitrogens is 3. The Kier molecular flexibility index (Phi) is 6.30. The highest BCUT2D eigenvalue weighted by Crippen LogP contribution is 2.25. The summed E-state index contributed by atoms with van der Waals surface area (Å²) in [6.07, 6.45) is 6.16. The summed E-state index contributed by atoms with van der Waals surface area (Å²) in [6.45, 7) is 4.71. The van der Waals surface area contributed by atoms with Gasteiger partial charge in [-0.3, -0.25) is 9.59 Å². The Morgan fingerprint density at radius 3 is 3.03 bits per heavy atom. The minimum atomic E-state index is 0.0290. The Morgan fingerprint density at radius 2 is 2.20 bits per heavy atom. The van der Waals surface area contributed by atoms with Crippen molar-refractivity contribution in [3.63, 3.8) is 0 Å². The molecule has 1 aromatic carbocycles. The SMILES string of the molecule is Cc1cn(CC(=O)N2CCCC(CC(=O)NCc3ccc4c(c3)CCCO4)C2)nn1. The third kappa shape index (κ3) is 5.17. The molecule has 4 rings (SSSR count). The topological polar surface area (TPSA) is 89.4 Å². The van der Waals surface area contributed by atoms with Crippen molar-refractivity contribution in [1.29, 1.82) is 0 Å². The summed E-state index contributed by atoms with van der Waals surface area (Å²) in [6, 6.07) is 6.14. The van der Waals surface area contributed by atoms with E-state index in [2.05, 4.69) is 21.7 Å². The Labute approximate surface area is 176 Å². The number of nitrogens with zero attached hydrogens (tertiary/aromatic N) is 4. The number of carbonyl (C=O) groups is 2. The predicted molar refractivity (Wildman–Crippen MR) is 111 cm³/mol. The van der Waals surface area contributed by atoms with Crippen molar-refractivity contribution >= 4 is 11.8 Å². The largest absolute Gasteiger partial charge is 0.493 e. The van der Waals surface area contributed by atoms with Crippen LogP contribution in [-0.4, -0.2) is 51.4 Å². The van der Waals surface area contributed by atoms with Crippen molar-refractivity contribution in [1.82, 2.24) is 25.2 Å². The van der Waals surface area contributed by atoms with E-state index in [0.29, 0.717) is 19.5 Å². The number of ether oxygens (including phenoxy) is 1. The lowest BCUT2D eigenvalue weighted by molar-refractivity contribution is -0.135. The van der Waals surface area contributed by atoms with E-state index in [4.69, 9.17) is 4.74 Å². The maximum atomic E-state index is 12.6. The van der Waals surface area contributed by atoms with Gasteiger partial charge in [-0.15, -0.1) is 5.10 Å². The normalized spacial score (nSPS) is 18.4. The Balaban J connectivity index is 1.24. The van der Waals surface area contributed by atoms with E-state index >= 15 is 0 Å². The van der Waals surface area contributed by atoms with E-state index in [1.807, 2.05) is 24.0 Å². The summed E-state index contributed by atoms with van der Waals surface area (Å²) >= 11 is 0. The molecule has 2 aromatic rings. The van der Waals surface area contributed by atoms with Gasteiger partial charge in [0.25, 0.3) is 0 Å². The van der Waals surface area contributed by atoms with Gasteiger partial charge in [-0.05, 0) is 55.7 Å². The molecule has 0 radical (unpaired) electrons. The van der Waals surface area contributed by atoms with Crippen LogP contribution < -0.4 is 10.1 Å². The zero-order chi connectivity index (χ0) is 20.9. The molecule has 1 aromatic heterocycles. The van der Waals surface area contributed by atoms with E-state index in [9.17, 15) is 9.59 Å². The van der Waals surface area contributed by atoms with Crippen LogP contribution in [0.15, 0.2) is 24.4 Å². The zero-order valence-electron chi connectivity index (χ0n) is 17.5. The van der Waals surface area contributed by atoms with Crippen molar-refractivity contribution in [2.75, 3.05) is 19.7 Å². The fourth-order valence-corrected chi connectivity index (χ4v) is 4.23. The van der Waals surface area contributed by atoms with Crippen molar-refractivity contribution in [2.45, 2.75) is 52.1 Å². The third-order valence-corrected chi connectivity index (χ3v) is 5.76. The Morgan fingerprint density at radius 1 is 1.30 bits per heavy atom. The molecule has 2 aliphatic heterocycles. The number of carbonyl (C=O) groups excluding carboxylic acids is 2. The first-order valence-electron chi connectivity index (χ1n) is 10.7. The van der Waals surface area contributed by atoms with Crippen molar-refractivity contribution < 1.29 is 14.3 Å². The van der Waals surface area contributed by atoms with Gasteiger partial charge in [-0.1, -0.05) is 17.3 Å². The van der Waals surface area contributed by atoms with Crippen LogP contribution in [0.2, 0.25) is 0 Å². The second kappa shape index (κ2) is 9.28. The first kappa shape index (κ1) is 20.4. The molecule has 0 saturated carbocycles. The van der Waals surface area contributed by atoms with Gasteiger partial charge in [0.15, 0.2) is 0 Å².